The Morgan fingerprint density at radius 2 is 1.93 bits per heavy atom. The van der Waals surface area contributed by atoms with Crippen molar-refractivity contribution in [2.75, 3.05) is 26.7 Å². The molecule has 0 aromatic rings. The van der Waals surface area contributed by atoms with Crippen LogP contribution in [0.5, 0.6) is 0 Å². The highest BCUT2D eigenvalue weighted by molar-refractivity contribution is 7.86. The van der Waals surface area contributed by atoms with E-state index < -0.39 is 10.2 Å². The highest BCUT2D eigenvalue weighted by Crippen LogP contribution is 2.16. The fraction of sp³-hybridized carbons (Fsp3) is 1.00. The van der Waals surface area contributed by atoms with E-state index >= 15 is 0 Å². The van der Waals surface area contributed by atoms with Gasteiger partial charge in [-0.1, -0.05) is 0 Å². The first-order valence-corrected chi connectivity index (χ1v) is 6.24. The Kier molecular flexibility index (Phi) is 3.88. The number of nitrogens with zero attached hydrogens (tertiary/aromatic N) is 2. The summed E-state index contributed by atoms with van der Waals surface area (Å²) in [5, 5.41) is 8.89. The molecule has 1 N–H and O–H groups in total. The van der Waals surface area contributed by atoms with Gasteiger partial charge in [0.25, 0.3) is 10.2 Å². The summed E-state index contributed by atoms with van der Waals surface area (Å²) in [4.78, 5) is 0. The van der Waals surface area contributed by atoms with Crippen molar-refractivity contribution in [3.05, 3.63) is 0 Å². The molecule has 6 heteroatoms. The number of aliphatic hydroxyl groups is 1. The van der Waals surface area contributed by atoms with Crippen molar-refractivity contribution in [3.8, 4) is 0 Å². The summed E-state index contributed by atoms with van der Waals surface area (Å²) in [5.41, 5.74) is 0. The lowest BCUT2D eigenvalue weighted by Gasteiger charge is -2.27. The van der Waals surface area contributed by atoms with Crippen molar-refractivity contribution in [1.29, 1.82) is 0 Å². The summed E-state index contributed by atoms with van der Waals surface area (Å²) in [6.45, 7) is 2.74. The summed E-state index contributed by atoms with van der Waals surface area (Å²) >= 11 is 0. The molecule has 0 saturated carbocycles. The molecule has 5 nitrogen and oxygen atoms in total. The highest BCUT2D eigenvalue weighted by Gasteiger charge is 2.31. The zero-order chi connectivity index (χ0) is 10.8. The van der Waals surface area contributed by atoms with Crippen LogP contribution >= 0.6 is 0 Å². The molecular formula is C8H18N2O3S. The Morgan fingerprint density at radius 1 is 1.43 bits per heavy atom. The summed E-state index contributed by atoms with van der Waals surface area (Å²) in [6.07, 6.45) is 1.86. The van der Waals surface area contributed by atoms with E-state index in [-0.39, 0.29) is 12.6 Å². The van der Waals surface area contributed by atoms with Crippen LogP contribution in [0, 0.1) is 0 Å². The van der Waals surface area contributed by atoms with Gasteiger partial charge in [0.1, 0.15) is 0 Å². The third-order valence-corrected chi connectivity index (χ3v) is 4.75. The second kappa shape index (κ2) is 4.57. The summed E-state index contributed by atoms with van der Waals surface area (Å²) in [6, 6.07) is -0.361. The molecule has 1 unspecified atom stereocenters. The Labute approximate surface area is 85.5 Å². The van der Waals surface area contributed by atoms with Crippen molar-refractivity contribution in [3.63, 3.8) is 0 Å². The molecule has 1 aliphatic rings. The van der Waals surface area contributed by atoms with Gasteiger partial charge in [-0.2, -0.15) is 17.0 Å². The van der Waals surface area contributed by atoms with Crippen LogP contribution in [-0.2, 0) is 10.2 Å². The summed E-state index contributed by atoms with van der Waals surface area (Å²) < 4.78 is 26.5. The molecule has 0 aromatic carbocycles. The standard InChI is InChI=1S/C8H18N2O3S/c1-8(7-11)9(2)14(12,13)10-5-3-4-6-10/h8,11H,3-7H2,1-2H3. The van der Waals surface area contributed by atoms with E-state index in [4.69, 9.17) is 5.11 Å². The van der Waals surface area contributed by atoms with Gasteiger partial charge in [0.2, 0.25) is 0 Å². The Hall–Kier alpha value is -0.170. The number of likely N-dealkylation sites (N-methyl/N-ethyl adjacent to an activating group) is 1. The van der Waals surface area contributed by atoms with Gasteiger partial charge in [0.15, 0.2) is 0 Å². The van der Waals surface area contributed by atoms with Gasteiger partial charge in [-0.15, -0.1) is 0 Å². The molecule has 1 rings (SSSR count). The molecule has 84 valence electrons. The van der Waals surface area contributed by atoms with Gasteiger partial charge in [-0.05, 0) is 19.8 Å². The Balaban J connectivity index is 2.73. The lowest BCUT2D eigenvalue weighted by Crippen LogP contribution is -2.45. The van der Waals surface area contributed by atoms with Crippen molar-refractivity contribution in [2.24, 2.45) is 0 Å². The molecule has 0 aliphatic carbocycles. The zero-order valence-electron chi connectivity index (χ0n) is 8.68. The van der Waals surface area contributed by atoms with Crippen LogP contribution in [0.1, 0.15) is 19.8 Å². The average molecular weight is 222 g/mol. The van der Waals surface area contributed by atoms with E-state index in [1.165, 1.54) is 15.7 Å². The predicted octanol–water partition coefficient (Wildman–Crippen LogP) is -0.360. The van der Waals surface area contributed by atoms with Gasteiger partial charge in [-0.25, -0.2) is 0 Å². The number of hydrogen-bond acceptors (Lipinski definition) is 3. The zero-order valence-corrected chi connectivity index (χ0v) is 9.50. The third-order valence-electron chi connectivity index (χ3n) is 2.64. The second-order valence-corrected chi connectivity index (χ2v) is 5.65. The SMILES string of the molecule is CC(CO)N(C)S(=O)(=O)N1CCCC1. The van der Waals surface area contributed by atoms with Crippen molar-refractivity contribution in [1.82, 2.24) is 8.61 Å². The maximum Gasteiger partial charge on any atom is 0.282 e. The van der Waals surface area contributed by atoms with E-state index in [1.807, 2.05) is 0 Å². The van der Waals surface area contributed by atoms with Gasteiger partial charge in [0, 0.05) is 26.2 Å². The van der Waals surface area contributed by atoms with Crippen LogP contribution in [-0.4, -0.2) is 54.9 Å². The van der Waals surface area contributed by atoms with Crippen LogP contribution in [0.3, 0.4) is 0 Å². The van der Waals surface area contributed by atoms with Crippen LogP contribution in [0.25, 0.3) is 0 Å². The van der Waals surface area contributed by atoms with Crippen molar-refractivity contribution >= 4 is 10.2 Å². The van der Waals surface area contributed by atoms with Gasteiger partial charge in [0.05, 0.1) is 6.61 Å². The second-order valence-electron chi connectivity index (χ2n) is 3.66. The average Bonchev–Trinajstić information content (AvgIpc) is 2.68. The summed E-state index contributed by atoms with van der Waals surface area (Å²) in [5.74, 6) is 0. The first-order chi connectivity index (χ1) is 6.50. The Bertz CT molecular complexity index is 272. The molecule has 0 spiro atoms. The molecule has 1 atom stereocenters. The largest absolute Gasteiger partial charge is 0.395 e. The normalized spacial score (nSPS) is 21.7. The maximum atomic E-state index is 11.9. The topological polar surface area (TPSA) is 60.9 Å². The van der Waals surface area contributed by atoms with E-state index in [0.29, 0.717) is 13.1 Å². The van der Waals surface area contributed by atoms with Crippen LogP contribution in [0.15, 0.2) is 0 Å². The fourth-order valence-corrected chi connectivity index (χ4v) is 3.05. The van der Waals surface area contributed by atoms with E-state index in [1.54, 1.807) is 6.92 Å². The number of aliphatic hydroxyl groups excluding tert-OH is 1. The quantitative estimate of drug-likeness (QED) is 0.706. The lowest BCUT2D eigenvalue weighted by molar-refractivity contribution is 0.207. The molecule has 0 amide bonds. The minimum atomic E-state index is -3.34. The molecule has 0 radical (unpaired) electrons. The minimum absolute atomic E-state index is 0.149. The van der Waals surface area contributed by atoms with Crippen LogP contribution in [0.2, 0.25) is 0 Å². The third kappa shape index (κ3) is 2.25. The van der Waals surface area contributed by atoms with Gasteiger partial charge >= 0.3 is 0 Å². The first kappa shape index (κ1) is 11.9. The number of rotatable bonds is 4. The molecule has 14 heavy (non-hydrogen) atoms. The van der Waals surface area contributed by atoms with Crippen LogP contribution < -0.4 is 0 Å². The molecule has 0 aromatic heterocycles. The van der Waals surface area contributed by atoms with E-state index in [9.17, 15) is 8.42 Å². The molecule has 1 aliphatic heterocycles. The smallest absolute Gasteiger partial charge is 0.282 e. The summed E-state index contributed by atoms with van der Waals surface area (Å²) in [7, 11) is -1.83. The van der Waals surface area contributed by atoms with Gasteiger partial charge in [-0.3, -0.25) is 0 Å². The molecule has 1 saturated heterocycles. The highest BCUT2D eigenvalue weighted by atomic mass is 32.2. The molecule has 1 fully saturated rings. The maximum absolute atomic E-state index is 11.9. The molecular weight excluding hydrogens is 204 g/mol. The van der Waals surface area contributed by atoms with Crippen molar-refractivity contribution < 1.29 is 13.5 Å². The van der Waals surface area contributed by atoms with Gasteiger partial charge < -0.3 is 5.11 Å². The predicted molar refractivity (Wildman–Crippen MR) is 54.0 cm³/mol. The van der Waals surface area contributed by atoms with Crippen molar-refractivity contribution in [2.45, 2.75) is 25.8 Å². The first-order valence-electron chi connectivity index (χ1n) is 4.84. The van der Waals surface area contributed by atoms with E-state index in [2.05, 4.69) is 0 Å². The monoisotopic (exact) mass is 222 g/mol. The molecule has 1 heterocycles. The minimum Gasteiger partial charge on any atom is -0.395 e. The number of hydrogen-bond donors (Lipinski definition) is 1. The molecule has 0 bridgehead atoms. The van der Waals surface area contributed by atoms with Crippen LogP contribution in [0.4, 0.5) is 0 Å². The Morgan fingerprint density at radius 3 is 2.36 bits per heavy atom. The lowest BCUT2D eigenvalue weighted by atomic mass is 10.4. The fourth-order valence-electron chi connectivity index (χ4n) is 1.44. The van der Waals surface area contributed by atoms with E-state index in [0.717, 1.165) is 12.8 Å².